The average Bonchev–Trinajstić information content (AvgIpc) is 2.73. The fraction of sp³-hybridized carbons (Fsp3) is 0.391. The smallest absolute Gasteiger partial charge is 0.255 e. The molecule has 2 aromatic carbocycles. The van der Waals surface area contributed by atoms with Crippen molar-refractivity contribution in [2.45, 2.75) is 20.0 Å². The third-order valence-electron chi connectivity index (χ3n) is 4.92. The number of hydrogen-bond donors (Lipinski definition) is 0. The van der Waals surface area contributed by atoms with E-state index in [9.17, 15) is 14.0 Å². The maximum atomic E-state index is 13.2. The first-order valence-electron chi connectivity index (χ1n) is 10.1. The molecule has 30 heavy (non-hydrogen) atoms. The van der Waals surface area contributed by atoms with E-state index in [2.05, 4.69) is 0 Å². The summed E-state index contributed by atoms with van der Waals surface area (Å²) in [5.74, 6) is -0.457. The van der Waals surface area contributed by atoms with Gasteiger partial charge in [-0.05, 0) is 42.3 Å². The van der Waals surface area contributed by atoms with Gasteiger partial charge < -0.3 is 14.5 Å². The maximum Gasteiger partial charge on any atom is 0.255 e. The van der Waals surface area contributed by atoms with Crippen LogP contribution < -0.4 is 0 Å². The van der Waals surface area contributed by atoms with E-state index in [0.29, 0.717) is 48.9 Å². The van der Waals surface area contributed by atoms with Crippen LogP contribution in [0.5, 0.6) is 0 Å². The highest BCUT2D eigenvalue weighted by Gasteiger charge is 2.29. The van der Waals surface area contributed by atoms with Crippen molar-refractivity contribution >= 4 is 23.4 Å². The Labute approximate surface area is 181 Å². The average molecular weight is 433 g/mol. The topological polar surface area (TPSA) is 49.9 Å². The highest BCUT2D eigenvalue weighted by molar-refractivity contribution is 6.33. The zero-order valence-corrected chi connectivity index (χ0v) is 17.9. The summed E-state index contributed by atoms with van der Waals surface area (Å²) in [4.78, 5) is 29.3. The summed E-state index contributed by atoms with van der Waals surface area (Å²) in [7, 11) is 0. The molecule has 0 spiro atoms. The van der Waals surface area contributed by atoms with E-state index < -0.39 is 0 Å². The van der Waals surface area contributed by atoms with Crippen molar-refractivity contribution in [3.8, 4) is 0 Å². The summed E-state index contributed by atoms with van der Waals surface area (Å²) in [6, 6.07) is 12.5. The van der Waals surface area contributed by atoms with E-state index in [1.54, 1.807) is 34.1 Å². The first-order valence-corrected chi connectivity index (χ1v) is 10.4. The van der Waals surface area contributed by atoms with Crippen molar-refractivity contribution in [1.82, 2.24) is 9.80 Å². The molecule has 0 aliphatic carbocycles. The van der Waals surface area contributed by atoms with Crippen LogP contribution in [0.4, 0.5) is 4.39 Å². The van der Waals surface area contributed by atoms with E-state index >= 15 is 0 Å². The maximum absolute atomic E-state index is 13.2. The number of nitrogens with zero attached hydrogens (tertiary/aromatic N) is 2. The third-order valence-corrected chi connectivity index (χ3v) is 5.25. The number of ether oxygens (including phenoxy) is 1. The summed E-state index contributed by atoms with van der Waals surface area (Å²) < 4.78 is 19.1. The second kappa shape index (κ2) is 10.0. The minimum Gasteiger partial charge on any atom is -0.373 e. The number of hydrogen-bond acceptors (Lipinski definition) is 3. The Kier molecular flexibility index (Phi) is 7.45. The van der Waals surface area contributed by atoms with Gasteiger partial charge in [-0.25, -0.2) is 4.39 Å². The normalized spacial score (nSPS) is 16.6. The molecule has 1 aliphatic heterocycles. The lowest BCUT2D eigenvalue weighted by atomic mass is 10.1. The lowest BCUT2D eigenvalue weighted by molar-refractivity contribution is -0.0340. The molecule has 2 aromatic rings. The monoisotopic (exact) mass is 432 g/mol. The third kappa shape index (κ3) is 5.58. The predicted molar refractivity (Wildman–Crippen MR) is 114 cm³/mol. The van der Waals surface area contributed by atoms with Crippen LogP contribution in [0, 0.1) is 11.7 Å². The van der Waals surface area contributed by atoms with Crippen LogP contribution >= 0.6 is 11.6 Å². The Morgan fingerprint density at radius 3 is 2.57 bits per heavy atom. The molecular formula is C23H26ClFN2O3. The molecule has 5 nitrogen and oxygen atoms in total. The van der Waals surface area contributed by atoms with Gasteiger partial charge in [-0.15, -0.1) is 0 Å². The van der Waals surface area contributed by atoms with Crippen molar-refractivity contribution in [2.75, 3.05) is 32.8 Å². The summed E-state index contributed by atoms with van der Waals surface area (Å²) in [6.45, 7) is 6.17. The van der Waals surface area contributed by atoms with Crippen molar-refractivity contribution in [2.24, 2.45) is 5.92 Å². The van der Waals surface area contributed by atoms with Crippen LogP contribution in [0.1, 0.15) is 34.6 Å². The standard InChI is InChI=1S/C23H26ClFN2O3/c1-16(2)13-27(22(28)17-7-9-18(25)10-8-17)15-19-14-26(11-12-30-19)23(29)20-5-3-4-6-21(20)24/h3-10,16,19H,11-15H2,1-2H3/t19-/m1/s1. The lowest BCUT2D eigenvalue weighted by Crippen LogP contribution is -2.51. The molecule has 1 saturated heterocycles. The summed E-state index contributed by atoms with van der Waals surface area (Å²) in [6.07, 6.45) is -0.312. The number of carbonyl (C=O) groups is 2. The van der Waals surface area contributed by atoms with Gasteiger partial charge in [0.1, 0.15) is 5.82 Å². The van der Waals surface area contributed by atoms with Gasteiger partial charge in [-0.2, -0.15) is 0 Å². The number of rotatable bonds is 6. The Morgan fingerprint density at radius 2 is 1.90 bits per heavy atom. The Balaban J connectivity index is 1.71. The fourth-order valence-corrected chi connectivity index (χ4v) is 3.74. The van der Waals surface area contributed by atoms with Gasteiger partial charge in [0.05, 0.1) is 23.3 Å². The van der Waals surface area contributed by atoms with Crippen LogP contribution in [0.15, 0.2) is 48.5 Å². The SMILES string of the molecule is CC(C)CN(C[C@H]1CN(C(=O)c2ccccc2Cl)CCO1)C(=O)c1ccc(F)cc1. The Bertz CT molecular complexity index is 888. The van der Waals surface area contributed by atoms with Crippen LogP contribution in [0.3, 0.4) is 0 Å². The second-order valence-corrected chi connectivity index (χ2v) is 8.24. The number of halogens is 2. The molecular weight excluding hydrogens is 407 g/mol. The largest absolute Gasteiger partial charge is 0.373 e. The minimum absolute atomic E-state index is 0.144. The van der Waals surface area contributed by atoms with E-state index in [4.69, 9.17) is 16.3 Å². The van der Waals surface area contributed by atoms with E-state index in [1.165, 1.54) is 24.3 Å². The molecule has 160 valence electrons. The van der Waals surface area contributed by atoms with Crippen LogP contribution in [-0.2, 0) is 4.74 Å². The molecule has 0 bridgehead atoms. The number of carbonyl (C=O) groups excluding carboxylic acids is 2. The Hall–Kier alpha value is -2.44. The zero-order chi connectivity index (χ0) is 21.7. The van der Waals surface area contributed by atoms with Crippen molar-refractivity contribution in [3.63, 3.8) is 0 Å². The molecule has 0 N–H and O–H groups in total. The summed E-state index contributed by atoms with van der Waals surface area (Å²) >= 11 is 6.18. The van der Waals surface area contributed by atoms with Crippen LogP contribution in [0.2, 0.25) is 5.02 Å². The summed E-state index contributed by atoms with van der Waals surface area (Å²) in [5.41, 5.74) is 0.887. The van der Waals surface area contributed by atoms with Crippen LogP contribution in [-0.4, -0.2) is 60.5 Å². The summed E-state index contributed by atoms with van der Waals surface area (Å²) in [5, 5.41) is 0.415. The van der Waals surface area contributed by atoms with Crippen molar-refractivity contribution in [1.29, 1.82) is 0 Å². The molecule has 1 fully saturated rings. The molecule has 7 heteroatoms. The fourth-order valence-electron chi connectivity index (χ4n) is 3.52. The molecule has 0 aromatic heterocycles. The van der Waals surface area contributed by atoms with Gasteiger partial charge in [0.25, 0.3) is 11.8 Å². The highest BCUT2D eigenvalue weighted by atomic mass is 35.5. The molecule has 0 unspecified atom stereocenters. The van der Waals surface area contributed by atoms with Gasteiger partial charge in [-0.3, -0.25) is 9.59 Å². The molecule has 1 atom stereocenters. The van der Waals surface area contributed by atoms with Gasteiger partial charge in [-0.1, -0.05) is 37.6 Å². The van der Waals surface area contributed by atoms with E-state index in [-0.39, 0.29) is 29.7 Å². The van der Waals surface area contributed by atoms with E-state index in [1.807, 2.05) is 13.8 Å². The molecule has 1 heterocycles. The van der Waals surface area contributed by atoms with Gasteiger partial charge in [0.2, 0.25) is 0 Å². The first-order chi connectivity index (χ1) is 14.3. The van der Waals surface area contributed by atoms with Gasteiger partial charge >= 0.3 is 0 Å². The molecule has 3 rings (SSSR count). The number of morpholine rings is 1. The van der Waals surface area contributed by atoms with Crippen LogP contribution in [0.25, 0.3) is 0 Å². The molecule has 0 radical (unpaired) electrons. The number of benzene rings is 2. The van der Waals surface area contributed by atoms with Crippen molar-refractivity contribution in [3.05, 3.63) is 70.5 Å². The molecule has 0 saturated carbocycles. The predicted octanol–water partition coefficient (Wildman–Crippen LogP) is 4.12. The zero-order valence-electron chi connectivity index (χ0n) is 17.2. The lowest BCUT2D eigenvalue weighted by Gasteiger charge is -2.36. The van der Waals surface area contributed by atoms with Crippen molar-refractivity contribution < 1.29 is 18.7 Å². The second-order valence-electron chi connectivity index (χ2n) is 7.83. The minimum atomic E-state index is -0.383. The van der Waals surface area contributed by atoms with Gasteiger partial charge in [0.15, 0.2) is 0 Å². The van der Waals surface area contributed by atoms with Gasteiger partial charge in [0, 0.05) is 31.7 Å². The number of amides is 2. The highest BCUT2D eigenvalue weighted by Crippen LogP contribution is 2.19. The Morgan fingerprint density at radius 1 is 1.20 bits per heavy atom. The molecule has 2 amide bonds. The quantitative estimate of drug-likeness (QED) is 0.690. The van der Waals surface area contributed by atoms with E-state index in [0.717, 1.165) is 0 Å². The first kappa shape index (κ1) is 22.2. The molecule has 1 aliphatic rings.